The quantitative estimate of drug-likeness (QED) is 0.632. The zero-order valence-electron chi connectivity index (χ0n) is 20.5. The lowest BCUT2D eigenvalue weighted by Crippen LogP contribution is -2.44. The van der Waals surface area contributed by atoms with Crippen LogP contribution >= 0.6 is 0 Å². The second kappa shape index (κ2) is 10.8. The van der Waals surface area contributed by atoms with Crippen LogP contribution in [0, 0.1) is 5.92 Å². The highest BCUT2D eigenvalue weighted by Gasteiger charge is 2.33. The van der Waals surface area contributed by atoms with Gasteiger partial charge in [-0.25, -0.2) is 8.42 Å². The van der Waals surface area contributed by atoms with E-state index in [9.17, 15) is 13.2 Å². The van der Waals surface area contributed by atoms with Crippen LogP contribution in [0.15, 0.2) is 53.4 Å². The zero-order valence-corrected chi connectivity index (χ0v) is 21.3. The summed E-state index contributed by atoms with van der Waals surface area (Å²) in [5.74, 6) is -0.0871. The number of hydrogen-bond donors (Lipinski definition) is 1. The van der Waals surface area contributed by atoms with Gasteiger partial charge >= 0.3 is 0 Å². The van der Waals surface area contributed by atoms with Crippen molar-refractivity contribution in [3.63, 3.8) is 0 Å². The van der Waals surface area contributed by atoms with Gasteiger partial charge in [0.05, 0.1) is 10.9 Å². The highest BCUT2D eigenvalue weighted by Crippen LogP contribution is 2.29. The molecule has 1 aliphatic carbocycles. The molecule has 1 N–H and O–H groups in total. The van der Waals surface area contributed by atoms with E-state index in [0.29, 0.717) is 37.4 Å². The van der Waals surface area contributed by atoms with Gasteiger partial charge in [-0.05, 0) is 93.3 Å². The molecule has 0 saturated carbocycles. The van der Waals surface area contributed by atoms with Gasteiger partial charge in [-0.2, -0.15) is 4.31 Å². The third-order valence-electron chi connectivity index (χ3n) is 8.02. The predicted molar refractivity (Wildman–Crippen MR) is 138 cm³/mol. The molecule has 2 heterocycles. The van der Waals surface area contributed by atoms with Gasteiger partial charge in [-0.1, -0.05) is 36.4 Å². The van der Waals surface area contributed by atoms with E-state index in [2.05, 4.69) is 34.5 Å². The normalized spacial score (nSPS) is 20.9. The Labute approximate surface area is 209 Å². The molecule has 5 rings (SSSR count). The summed E-state index contributed by atoms with van der Waals surface area (Å²) >= 11 is 0. The zero-order chi connectivity index (χ0) is 24.3. The van der Waals surface area contributed by atoms with Gasteiger partial charge in [-0.3, -0.25) is 9.69 Å². The standard InChI is InChI=1S/C28H37N3O3S/c32-28(29-21-27(30-16-6-7-17-30)23-9-2-1-3-10-23)24-14-18-31(19-15-24)35(33,34)26-13-12-22-8-4-5-11-25(22)20-26/h1-3,9-10,12-13,20,24,27H,4-8,11,14-19,21H2,(H,29,32). The minimum absolute atomic E-state index is 0.0518. The Hall–Kier alpha value is -2.22. The molecule has 188 valence electrons. The molecule has 1 unspecified atom stereocenters. The van der Waals surface area contributed by atoms with Crippen molar-refractivity contribution in [1.29, 1.82) is 0 Å². The number of benzene rings is 2. The van der Waals surface area contributed by atoms with Crippen molar-refractivity contribution in [2.75, 3.05) is 32.7 Å². The topological polar surface area (TPSA) is 69.7 Å². The number of carbonyl (C=O) groups excluding carboxylic acids is 1. The molecule has 2 saturated heterocycles. The van der Waals surface area contributed by atoms with Crippen LogP contribution in [-0.2, 0) is 27.7 Å². The van der Waals surface area contributed by atoms with Crippen LogP contribution < -0.4 is 5.32 Å². The number of hydrogen-bond acceptors (Lipinski definition) is 4. The molecule has 6 nitrogen and oxygen atoms in total. The molecule has 1 atom stereocenters. The summed E-state index contributed by atoms with van der Waals surface area (Å²) in [7, 11) is -3.52. The molecule has 0 aromatic heterocycles. The van der Waals surface area contributed by atoms with Crippen LogP contribution in [0.3, 0.4) is 0 Å². The van der Waals surface area contributed by atoms with E-state index in [1.165, 1.54) is 36.0 Å². The Morgan fingerprint density at radius 1 is 0.886 bits per heavy atom. The Kier molecular flexibility index (Phi) is 7.56. The number of fused-ring (bicyclic) bond motifs is 1. The fourth-order valence-corrected chi connectivity index (χ4v) is 7.43. The maximum Gasteiger partial charge on any atom is 0.243 e. The number of aryl methyl sites for hydroxylation is 2. The molecule has 35 heavy (non-hydrogen) atoms. The smallest absolute Gasteiger partial charge is 0.243 e. The minimum atomic E-state index is -3.52. The van der Waals surface area contributed by atoms with E-state index < -0.39 is 10.0 Å². The lowest BCUT2D eigenvalue weighted by Gasteiger charge is -2.32. The number of amides is 1. The van der Waals surface area contributed by atoms with Crippen LogP contribution in [0.5, 0.6) is 0 Å². The molecule has 0 radical (unpaired) electrons. The second-order valence-corrected chi connectivity index (χ2v) is 12.2. The summed E-state index contributed by atoms with van der Waals surface area (Å²) in [5.41, 5.74) is 3.70. The number of rotatable bonds is 7. The van der Waals surface area contributed by atoms with Gasteiger partial charge in [-0.15, -0.1) is 0 Å². The minimum Gasteiger partial charge on any atom is -0.354 e. The van der Waals surface area contributed by atoms with Crippen molar-refractivity contribution in [1.82, 2.24) is 14.5 Å². The lowest BCUT2D eigenvalue weighted by atomic mass is 9.92. The number of nitrogens with one attached hydrogen (secondary N) is 1. The van der Waals surface area contributed by atoms with E-state index in [-0.39, 0.29) is 17.9 Å². The molecule has 3 aliphatic rings. The van der Waals surface area contributed by atoms with E-state index in [1.54, 1.807) is 10.4 Å². The molecule has 2 aromatic rings. The SMILES string of the molecule is O=C(NCC(c1ccccc1)N1CCCC1)C1CCN(S(=O)(=O)c2ccc3c(c2)CCCC3)CC1. The Morgan fingerprint density at radius 3 is 2.29 bits per heavy atom. The highest BCUT2D eigenvalue weighted by atomic mass is 32.2. The Morgan fingerprint density at radius 2 is 1.57 bits per heavy atom. The third kappa shape index (κ3) is 5.47. The average Bonchev–Trinajstić information content (AvgIpc) is 3.44. The number of piperidine rings is 1. The molecule has 0 spiro atoms. The molecule has 0 bridgehead atoms. The summed E-state index contributed by atoms with van der Waals surface area (Å²) in [6.45, 7) is 3.51. The summed E-state index contributed by atoms with van der Waals surface area (Å²) in [6, 6.07) is 16.2. The Bertz CT molecular complexity index is 1120. The second-order valence-electron chi connectivity index (χ2n) is 10.2. The first-order valence-electron chi connectivity index (χ1n) is 13.2. The van der Waals surface area contributed by atoms with Gasteiger partial charge in [0.15, 0.2) is 0 Å². The first kappa shape index (κ1) is 24.5. The van der Waals surface area contributed by atoms with E-state index in [0.717, 1.165) is 32.4 Å². The van der Waals surface area contributed by atoms with Crippen molar-refractivity contribution in [2.45, 2.75) is 62.3 Å². The van der Waals surface area contributed by atoms with E-state index in [1.807, 2.05) is 18.2 Å². The molecule has 7 heteroatoms. The summed E-state index contributed by atoms with van der Waals surface area (Å²) in [5, 5.41) is 3.20. The molecular formula is C28H37N3O3S. The van der Waals surface area contributed by atoms with Gasteiger partial charge in [0.2, 0.25) is 15.9 Å². The maximum absolute atomic E-state index is 13.3. The fraction of sp³-hybridized carbons (Fsp3) is 0.536. The Balaban J connectivity index is 1.18. The van der Waals surface area contributed by atoms with Gasteiger partial charge in [0.25, 0.3) is 0 Å². The molecule has 1 amide bonds. The molecule has 2 fully saturated rings. The molecule has 2 aliphatic heterocycles. The maximum atomic E-state index is 13.3. The van der Waals surface area contributed by atoms with Gasteiger partial charge < -0.3 is 5.32 Å². The largest absolute Gasteiger partial charge is 0.354 e. The average molecular weight is 496 g/mol. The summed E-state index contributed by atoms with van der Waals surface area (Å²) in [4.78, 5) is 15.9. The van der Waals surface area contributed by atoms with E-state index in [4.69, 9.17) is 0 Å². The number of nitrogens with zero attached hydrogens (tertiary/aromatic N) is 2. The van der Waals surface area contributed by atoms with Crippen molar-refractivity contribution in [3.8, 4) is 0 Å². The van der Waals surface area contributed by atoms with Crippen LogP contribution in [-0.4, -0.2) is 56.3 Å². The monoisotopic (exact) mass is 495 g/mol. The number of sulfonamides is 1. The lowest BCUT2D eigenvalue weighted by molar-refractivity contribution is -0.126. The first-order valence-corrected chi connectivity index (χ1v) is 14.6. The predicted octanol–water partition coefficient (Wildman–Crippen LogP) is 3.92. The van der Waals surface area contributed by atoms with Crippen LogP contribution in [0.2, 0.25) is 0 Å². The highest BCUT2D eigenvalue weighted by molar-refractivity contribution is 7.89. The van der Waals surface area contributed by atoms with Crippen molar-refractivity contribution < 1.29 is 13.2 Å². The third-order valence-corrected chi connectivity index (χ3v) is 9.91. The number of likely N-dealkylation sites (tertiary alicyclic amines) is 1. The number of carbonyl (C=O) groups is 1. The first-order chi connectivity index (χ1) is 17.0. The van der Waals surface area contributed by atoms with Gasteiger partial charge in [0.1, 0.15) is 0 Å². The molecule has 2 aromatic carbocycles. The van der Waals surface area contributed by atoms with Crippen molar-refractivity contribution in [2.24, 2.45) is 5.92 Å². The van der Waals surface area contributed by atoms with E-state index >= 15 is 0 Å². The van der Waals surface area contributed by atoms with Gasteiger partial charge in [0, 0.05) is 25.6 Å². The summed E-state index contributed by atoms with van der Waals surface area (Å²) < 4.78 is 28.1. The van der Waals surface area contributed by atoms with Crippen LogP contribution in [0.25, 0.3) is 0 Å². The van der Waals surface area contributed by atoms with Crippen molar-refractivity contribution >= 4 is 15.9 Å². The van der Waals surface area contributed by atoms with Crippen molar-refractivity contribution in [3.05, 3.63) is 65.2 Å². The van der Waals surface area contributed by atoms with Crippen LogP contribution in [0.1, 0.15) is 61.3 Å². The summed E-state index contributed by atoms with van der Waals surface area (Å²) in [6.07, 6.45) is 7.84. The fourth-order valence-electron chi connectivity index (χ4n) is 5.91. The van der Waals surface area contributed by atoms with Crippen LogP contribution in [0.4, 0.5) is 0 Å². The molecular weight excluding hydrogens is 458 g/mol.